The Kier molecular flexibility index (Phi) is 3.14. The molecular formula is C11H18N2O3. The lowest BCUT2D eigenvalue weighted by atomic mass is 9.85. The van der Waals surface area contributed by atoms with Crippen LogP contribution >= 0.6 is 0 Å². The number of aliphatic carboxylic acids is 1. The van der Waals surface area contributed by atoms with Crippen molar-refractivity contribution in [2.75, 3.05) is 26.7 Å². The normalized spacial score (nSPS) is 31.3. The summed E-state index contributed by atoms with van der Waals surface area (Å²) < 4.78 is 0. The molecule has 5 heteroatoms. The van der Waals surface area contributed by atoms with Crippen LogP contribution in [0.1, 0.15) is 19.3 Å². The van der Waals surface area contributed by atoms with Gasteiger partial charge < -0.3 is 14.9 Å². The quantitative estimate of drug-likeness (QED) is 0.720. The minimum Gasteiger partial charge on any atom is -0.481 e. The smallest absolute Gasteiger partial charge is 0.303 e. The average Bonchev–Trinajstić information content (AvgIpc) is 2.22. The van der Waals surface area contributed by atoms with E-state index in [1.165, 1.54) is 0 Å². The standard InChI is InChI=1S/C11H18N2O3/c1-12-4-5-13-9(7-12)8(6-11(15)16)2-3-10(13)14/h8-9H,2-7H2,1H3,(H,15,16). The van der Waals surface area contributed by atoms with Gasteiger partial charge in [0, 0.05) is 32.1 Å². The monoisotopic (exact) mass is 226 g/mol. The van der Waals surface area contributed by atoms with Crippen molar-refractivity contribution in [1.82, 2.24) is 9.80 Å². The van der Waals surface area contributed by atoms with Gasteiger partial charge in [0.15, 0.2) is 0 Å². The van der Waals surface area contributed by atoms with E-state index in [0.717, 1.165) is 26.1 Å². The van der Waals surface area contributed by atoms with Crippen LogP contribution in [0, 0.1) is 5.92 Å². The van der Waals surface area contributed by atoms with Gasteiger partial charge in [-0.05, 0) is 19.4 Å². The van der Waals surface area contributed by atoms with Crippen LogP contribution in [0.5, 0.6) is 0 Å². The van der Waals surface area contributed by atoms with E-state index in [-0.39, 0.29) is 24.3 Å². The van der Waals surface area contributed by atoms with Crippen molar-refractivity contribution < 1.29 is 14.7 Å². The van der Waals surface area contributed by atoms with Crippen molar-refractivity contribution in [3.05, 3.63) is 0 Å². The maximum Gasteiger partial charge on any atom is 0.303 e. The summed E-state index contributed by atoms with van der Waals surface area (Å²) in [6, 6.07) is 0.107. The molecule has 0 aromatic rings. The number of nitrogens with zero attached hydrogens (tertiary/aromatic N) is 2. The third kappa shape index (κ3) is 2.19. The molecule has 16 heavy (non-hydrogen) atoms. The number of piperidine rings is 1. The number of likely N-dealkylation sites (N-methyl/N-ethyl adjacent to an activating group) is 1. The van der Waals surface area contributed by atoms with Gasteiger partial charge in [0.25, 0.3) is 0 Å². The topological polar surface area (TPSA) is 60.9 Å². The SMILES string of the molecule is CN1CCN2C(=O)CCC(CC(=O)O)C2C1. The predicted molar refractivity (Wildman–Crippen MR) is 58.0 cm³/mol. The lowest BCUT2D eigenvalue weighted by Crippen LogP contribution is -2.59. The molecule has 1 amide bonds. The molecule has 2 heterocycles. The summed E-state index contributed by atoms with van der Waals surface area (Å²) in [6.45, 7) is 2.45. The second-order valence-electron chi connectivity index (χ2n) is 4.81. The van der Waals surface area contributed by atoms with Crippen molar-refractivity contribution in [2.24, 2.45) is 5.92 Å². The van der Waals surface area contributed by atoms with E-state index < -0.39 is 5.97 Å². The Hall–Kier alpha value is -1.10. The second-order valence-corrected chi connectivity index (χ2v) is 4.81. The minimum atomic E-state index is -0.757. The fourth-order valence-corrected chi connectivity index (χ4v) is 2.77. The van der Waals surface area contributed by atoms with Gasteiger partial charge in [-0.3, -0.25) is 9.59 Å². The van der Waals surface area contributed by atoms with Gasteiger partial charge in [0.2, 0.25) is 5.91 Å². The number of fused-ring (bicyclic) bond motifs is 1. The van der Waals surface area contributed by atoms with Crippen LogP contribution in [-0.4, -0.2) is 59.5 Å². The molecule has 0 spiro atoms. The highest BCUT2D eigenvalue weighted by Gasteiger charge is 2.39. The zero-order chi connectivity index (χ0) is 11.7. The van der Waals surface area contributed by atoms with Crippen molar-refractivity contribution in [1.29, 1.82) is 0 Å². The van der Waals surface area contributed by atoms with E-state index >= 15 is 0 Å². The summed E-state index contributed by atoms with van der Waals surface area (Å²) in [7, 11) is 2.02. The molecule has 0 bridgehead atoms. The van der Waals surface area contributed by atoms with E-state index in [2.05, 4.69) is 4.90 Å². The molecule has 5 nitrogen and oxygen atoms in total. The Labute approximate surface area is 95.0 Å². The fraction of sp³-hybridized carbons (Fsp3) is 0.818. The van der Waals surface area contributed by atoms with Gasteiger partial charge in [-0.15, -0.1) is 0 Å². The molecule has 2 rings (SSSR count). The maximum atomic E-state index is 11.7. The molecule has 2 atom stereocenters. The van der Waals surface area contributed by atoms with Crippen molar-refractivity contribution in [3.63, 3.8) is 0 Å². The molecule has 0 aromatic carbocycles. The first kappa shape index (κ1) is 11.4. The zero-order valence-corrected chi connectivity index (χ0v) is 9.56. The minimum absolute atomic E-state index is 0.107. The lowest BCUT2D eigenvalue weighted by Gasteiger charge is -2.46. The van der Waals surface area contributed by atoms with Gasteiger partial charge in [0.1, 0.15) is 0 Å². The molecule has 0 radical (unpaired) electrons. The van der Waals surface area contributed by atoms with E-state index in [9.17, 15) is 9.59 Å². The largest absolute Gasteiger partial charge is 0.481 e. The van der Waals surface area contributed by atoms with Gasteiger partial charge >= 0.3 is 5.97 Å². The molecule has 1 N–H and O–H groups in total. The van der Waals surface area contributed by atoms with Gasteiger partial charge in [-0.1, -0.05) is 0 Å². The molecule has 2 saturated heterocycles. The summed E-state index contributed by atoms with van der Waals surface area (Å²) in [5, 5.41) is 8.87. The molecule has 2 fully saturated rings. The first-order valence-corrected chi connectivity index (χ1v) is 5.77. The number of carbonyl (C=O) groups is 2. The number of hydrogen-bond donors (Lipinski definition) is 1. The molecule has 2 unspecified atom stereocenters. The predicted octanol–water partition coefficient (Wildman–Crippen LogP) is 0.0137. The highest BCUT2D eigenvalue weighted by Crippen LogP contribution is 2.29. The van der Waals surface area contributed by atoms with Crippen LogP contribution in [0.25, 0.3) is 0 Å². The Bertz CT molecular complexity index is 306. The maximum absolute atomic E-state index is 11.7. The number of piperazine rings is 1. The molecule has 0 saturated carbocycles. The summed E-state index contributed by atoms with van der Waals surface area (Å²) in [5.41, 5.74) is 0. The number of carboxylic acids is 1. The Balaban J connectivity index is 2.09. The van der Waals surface area contributed by atoms with Crippen molar-refractivity contribution in [2.45, 2.75) is 25.3 Å². The molecule has 0 aliphatic carbocycles. The first-order chi connectivity index (χ1) is 7.58. The van der Waals surface area contributed by atoms with Crippen LogP contribution in [0.2, 0.25) is 0 Å². The lowest BCUT2D eigenvalue weighted by molar-refractivity contribution is -0.147. The average molecular weight is 226 g/mol. The van der Waals surface area contributed by atoms with Crippen molar-refractivity contribution >= 4 is 11.9 Å². The van der Waals surface area contributed by atoms with Crippen LogP contribution < -0.4 is 0 Å². The first-order valence-electron chi connectivity index (χ1n) is 5.77. The number of carboxylic acid groups (broad SMARTS) is 1. The van der Waals surface area contributed by atoms with Gasteiger partial charge in [-0.2, -0.15) is 0 Å². The number of hydrogen-bond acceptors (Lipinski definition) is 3. The molecule has 2 aliphatic rings. The van der Waals surface area contributed by atoms with Crippen LogP contribution in [-0.2, 0) is 9.59 Å². The van der Waals surface area contributed by atoms with Gasteiger partial charge in [-0.25, -0.2) is 0 Å². The Morgan fingerprint density at radius 3 is 2.94 bits per heavy atom. The third-order valence-electron chi connectivity index (χ3n) is 3.65. The van der Waals surface area contributed by atoms with E-state index in [1.54, 1.807) is 0 Å². The summed E-state index contributed by atoms with van der Waals surface area (Å²) in [6.07, 6.45) is 1.42. The zero-order valence-electron chi connectivity index (χ0n) is 9.56. The Morgan fingerprint density at radius 1 is 1.50 bits per heavy atom. The highest BCUT2D eigenvalue weighted by molar-refractivity contribution is 5.78. The highest BCUT2D eigenvalue weighted by atomic mass is 16.4. The number of amides is 1. The van der Waals surface area contributed by atoms with E-state index in [0.29, 0.717) is 6.42 Å². The van der Waals surface area contributed by atoms with E-state index in [4.69, 9.17) is 5.11 Å². The summed E-state index contributed by atoms with van der Waals surface area (Å²) in [4.78, 5) is 26.6. The van der Waals surface area contributed by atoms with Crippen molar-refractivity contribution in [3.8, 4) is 0 Å². The van der Waals surface area contributed by atoms with Crippen LogP contribution in [0.3, 0.4) is 0 Å². The molecule has 90 valence electrons. The van der Waals surface area contributed by atoms with Crippen LogP contribution in [0.4, 0.5) is 0 Å². The number of rotatable bonds is 2. The Morgan fingerprint density at radius 2 is 2.25 bits per heavy atom. The summed E-state index contributed by atoms with van der Waals surface area (Å²) >= 11 is 0. The van der Waals surface area contributed by atoms with Gasteiger partial charge in [0.05, 0.1) is 6.42 Å². The second kappa shape index (κ2) is 4.41. The summed E-state index contributed by atoms with van der Waals surface area (Å²) in [5.74, 6) is -0.440. The van der Waals surface area contributed by atoms with Crippen LogP contribution in [0.15, 0.2) is 0 Å². The third-order valence-corrected chi connectivity index (χ3v) is 3.65. The molecular weight excluding hydrogens is 208 g/mol. The number of carbonyl (C=O) groups excluding carboxylic acids is 1. The fourth-order valence-electron chi connectivity index (χ4n) is 2.77. The molecule has 2 aliphatic heterocycles. The van der Waals surface area contributed by atoms with E-state index in [1.807, 2.05) is 11.9 Å². The molecule has 0 aromatic heterocycles.